The maximum Gasteiger partial charge on any atom is 0.223 e. The van der Waals surface area contributed by atoms with E-state index in [0.717, 1.165) is 30.2 Å². The van der Waals surface area contributed by atoms with Gasteiger partial charge in [-0.05, 0) is 42.5 Å². The minimum Gasteiger partial charge on any atom is -0.342 e. The Balaban J connectivity index is 1.77. The number of hydrogen-bond donors (Lipinski definition) is 1. The molecule has 3 rings (SSSR count). The molecule has 122 valence electrons. The Bertz CT molecular complexity index is 717. The van der Waals surface area contributed by atoms with E-state index >= 15 is 0 Å². The summed E-state index contributed by atoms with van der Waals surface area (Å²) in [7, 11) is 0. The van der Waals surface area contributed by atoms with E-state index in [0.29, 0.717) is 12.3 Å². The molecule has 1 saturated heterocycles. The lowest BCUT2D eigenvalue weighted by Crippen LogP contribution is -2.29. The van der Waals surface area contributed by atoms with Crippen LogP contribution in [0.5, 0.6) is 0 Å². The number of rotatable bonds is 4. The Kier molecular flexibility index (Phi) is 4.24. The molecule has 1 amide bonds. The Labute approximate surface area is 137 Å². The fraction of sp³-hybridized carbons (Fsp3) is 0.474. The molecule has 0 saturated carbocycles. The zero-order chi connectivity index (χ0) is 16.6. The Morgan fingerprint density at radius 1 is 1.30 bits per heavy atom. The standard InChI is InChI=1S/C19H25N3O/c1-12(2)10-22-11-16(8-18(22)23)19-20-9-17(21-19)15-6-5-13(3)14(4)7-15/h5-7,9,12,16H,8,10-11H2,1-4H3,(H,20,21)/t16-/m1/s1. The molecule has 4 heteroatoms. The van der Waals surface area contributed by atoms with Gasteiger partial charge < -0.3 is 9.88 Å². The SMILES string of the molecule is Cc1ccc(-c2cnc([C@@H]3CC(=O)N(CC(C)C)C3)[nH]2)cc1C. The lowest BCUT2D eigenvalue weighted by atomic mass is 10.0. The predicted molar refractivity (Wildman–Crippen MR) is 92.3 cm³/mol. The average molecular weight is 311 g/mol. The quantitative estimate of drug-likeness (QED) is 0.936. The molecule has 0 aliphatic carbocycles. The highest BCUT2D eigenvalue weighted by Gasteiger charge is 2.32. The summed E-state index contributed by atoms with van der Waals surface area (Å²) in [6, 6.07) is 6.43. The number of aromatic nitrogens is 2. The summed E-state index contributed by atoms with van der Waals surface area (Å²) in [6.45, 7) is 10.1. The van der Waals surface area contributed by atoms with E-state index < -0.39 is 0 Å². The van der Waals surface area contributed by atoms with Crippen molar-refractivity contribution < 1.29 is 4.79 Å². The van der Waals surface area contributed by atoms with Crippen LogP contribution in [0.15, 0.2) is 24.4 Å². The first-order chi connectivity index (χ1) is 10.9. The van der Waals surface area contributed by atoms with E-state index in [-0.39, 0.29) is 11.8 Å². The smallest absolute Gasteiger partial charge is 0.223 e. The van der Waals surface area contributed by atoms with Crippen molar-refractivity contribution in [1.82, 2.24) is 14.9 Å². The normalized spacial score (nSPS) is 18.2. The van der Waals surface area contributed by atoms with Crippen LogP contribution >= 0.6 is 0 Å². The van der Waals surface area contributed by atoms with Crippen LogP contribution in [0, 0.1) is 19.8 Å². The van der Waals surface area contributed by atoms with E-state index in [1.54, 1.807) is 0 Å². The summed E-state index contributed by atoms with van der Waals surface area (Å²) in [4.78, 5) is 22.1. The van der Waals surface area contributed by atoms with Gasteiger partial charge in [0.1, 0.15) is 5.82 Å². The summed E-state index contributed by atoms with van der Waals surface area (Å²) in [5, 5.41) is 0. The number of hydrogen-bond acceptors (Lipinski definition) is 2. The molecule has 2 aromatic rings. The third-order valence-corrected chi connectivity index (χ3v) is 4.60. The first-order valence-electron chi connectivity index (χ1n) is 8.34. The van der Waals surface area contributed by atoms with E-state index in [9.17, 15) is 4.79 Å². The third-order valence-electron chi connectivity index (χ3n) is 4.60. The molecule has 1 N–H and O–H groups in total. The van der Waals surface area contributed by atoms with Crippen LogP contribution in [0.2, 0.25) is 0 Å². The van der Waals surface area contributed by atoms with Crippen molar-refractivity contribution >= 4 is 5.91 Å². The van der Waals surface area contributed by atoms with E-state index in [1.807, 2.05) is 11.1 Å². The summed E-state index contributed by atoms with van der Waals surface area (Å²) in [5.41, 5.74) is 4.74. The number of carbonyl (C=O) groups is 1. The van der Waals surface area contributed by atoms with Crippen molar-refractivity contribution in [2.45, 2.75) is 40.0 Å². The number of aromatic amines is 1. The van der Waals surface area contributed by atoms with Crippen LogP contribution in [0.4, 0.5) is 0 Å². The second kappa shape index (κ2) is 6.19. The van der Waals surface area contributed by atoms with Gasteiger partial charge in [0.15, 0.2) is 0 Å². The van der Waals surface area contributed by atoms with Crippen molar-refractivity contribution in [3.05, 3.63) is 41.3 Å². The van der Waals surface area contributed by atoms with Gasteiger partial charge in [0.25, 0.3) is 0 Å². The molecular formula is C19H25N3O. The topological polar surface area (TPSA) is 49.0 Å². The Morgan fingerprint density at radius 3 is 2.78 bits per heavy atom. The molecule has 0 bridgehead atoms. The molecule has 0 radical (unpaired) electrons. The van der Waals surface area contributed by atoms with Crippen LogP contribution < -0.4 is 0 Å². The molecule has 2 heterocycles. The van der Waals surface area contributed by atoms with Gasteiger partial charge in [-0.2, -0.15) is 0 Å². The molecule has 1 aromatic carbocycles. The number of carbonyl (C=O) groups excluding carboxylic acids is 1. The van der Waals surface area contributed by atoms with E-state index in [2.05, 4.69) is 55.9 Å². The molecule has 1 fully saturated rings. The van der Waals surface area contributed by atoms with E-state index in [4.69, 9.17) is 0 Å². The highest BCUT2D eigenvalue weighted by atomic mass is 16.2. The molecule has 1 aliphatic heterocycles. The largest absolute Gasteiger partial charge is 0.342 e. The van der Waals surface area contributed by atoms with Gasteiger partial charge in [0.2, 0.25) is 5.91 Å². The molecule has 1 aromatic heterocycles. The van der Waals surface area contributed by atoms with Crippen molar-refractivity contribution in [1.29, 1.82) is 0 Å². The third kappa shape index (κ3) is 3.31. The van der Waals surface area contributed by atoms with E-state index in [1.165, 1.54) is 11.1 Å². The van der Waals surface area contributed by atoms with Crippen LogP contribution in [0.3, 0.4) is 0 Å². The van der Waals surface area contributed by atoms with Crippen molar-refractivity contribution in [2.24, 2.45) is 5.92 Å². The summed E-state index contributed by atoms with van der Waals surface area (Å²) in [6.07, 6.45) is 2.45. The number of nitrogens with one attached hydrogen (secondary N) is 1. The fourth-order valence-corrected chi connectivity index (χ4v) is 3.17. The van der Waals surface area contributed by atoms with Crippen LogP contribution in [-0.2, 0) is 4.79 Å². The summed E-state index contributed by atoms with van der Waals surface area (Å²) >= 11 is 0. The zero-order valence-electron chi connectivity index (χ0n) is 14.4. The van der Waals surface area contributed by atoms with Gasteiger partial charge in [-0.15, -0.1) is 0 Å². The number of nitrogens with zero attached hydrogens (tertiary/aromatic N) is 2. The second-order valence-electron chi connectivity index (χ2n) is 7.07. The fourth-order valence-electron chi connectivity index (χ4n) is 3.17. The van der Waals surface area contributed by atoms with Gasteiger partial charge >= 0.3 is 0 Å². The number of imidazole rings is 1. The lowest BCUT2D eigenvalue weighted by Gasteiger charge is -2.18. The van der Waals surface area contributed by atoms with Crippen molar-refractivity contribution in [3.63, 3.8) is 0 Å². The molecule has 1 aliphatic rings. The Morgan fingerprint density at radius 2 is 2.09 bits per heavy atom. The summed E-state index contributed by atoms with van der Waals surface area (Å²) in [5.74, 6) is 1.85. The minimum absolute atomic E-state index is 0.182. The van der Waals surface area contributed by atoms with Crippen LogP contribution in [0.1, 0.15) is 43.1 Å². The summed E-state index contributed by atoms with van der Waals surface area (Å²) < 4.78 is 0. The maximum absolute atomic E-state index is 12.1. The zero-order valence-corrected chi connectivity index (χ0v) is 14.4. The number of benzene rings is 1. The van der Waals surface area contributed by atoms with Gasteiger partial charge in [-0.25, -0.2) is 4.98 Å². The molecule has 1 atom stereocenters. The van der Waals surface area contributed by atoms with Gasteiger partial charge in [-0.1, -0.05) is 26.0 Å². The monoisotopic (exact) mass is 311 g/mol. The number of aryl methyl sites for hydroxylation is 2. The molecule has 4 nitrogen and oxygen atoms in total. The lowest BCUT2D eigenvalue weighted by molar-refractivity contribution is -0.128. The molecule has 0 unspecified atom stereocenters. The molecular weight excluding hydrogens is 286 g/mol. The van der Waals surface area contributed by atoms with Gasteiger partial charge in [-0.3, -0.25) is 4.79 Å². The highest BCUT2D eigenvalue weighted by molar-refractivity contribution is 5.79. The first-order valence-corrected chi connectivity index (χ1v) is 8.34. The number of H-pyrrole nitrogens is 1. The van der Waals surface area contributed by atoms with Crippen molar-refractivity contribution in [3.8, 4) is 11.3 Å². The van der Waals surface area contributed by atoms with Crippen LogP contribution in [-0.4, -0.2) is 33.9 Å². The average Bonchev–Trinajstić information content (AvgIpc) is 3.09. The van der Waals surface area contributed by atoms with Gasteiger partial charge in [0, 0.05) is 25.4 Å². The number of likely N-dealkylation sites (tertiary alicyclic amines) is 1. The van der Waals surface area contributed by atoms with Crippen LogP contribution in [0.25, 0.3) is 11.3 Å². The van der Waals surface area contributed by atoms with Crippen molar-refractivity contribution in [2.75, 3.05) is 13.1 Å². The molecule has 0 spiro atoms. The maximum atomic E-state index is 12.1. The minimum atomic E-state index is 0.182. The highest BCUT2D eigenvalue weighted by Crippen LogP contribution is 2.29. The molecule has 23 heavy (non-hydrogen) atoms. The predicted octanol–water partition coefficient (Wildman–Crippen LogP) is 3.67. The Hall–Kier alpha value is -2.10. The number of amides is 1. The second-order valence-corrected chi connectivity index (χ2v) is 7.07. The van der Waals surface area contributed by atoms with Gasteiger partial charge in [0.05, 0.1) is 11.9 Å². The first kappa shape index (κ1) is 15.8.